The lowest BCUT2D eigenvalue weighted by Gasteiger charge is -2.35. The number of benzene rings is 1. The highest BCUT2D eigenvalue weighted by Crippen LogP contribution is 2.20. The molecule has 1 aliphatic heterocycles. The van der Waals surface area contributed by atoms with Crippen LogP contribution in [0.3, 0.4) is 0 Å². The van der Waals surface area contributed by atoms with Crippen molar-refractivity contribution in [2.24, 2.45) is 0 Å². The Morgan fingerprint density at radius 1 is 1.10 bits per heavy atom. The van der Waals surface area contributed by atoms with Crippen molar-refractivity contribution in [2.45, 2.75) is 36.7 Å². The molecule has 1 aromatic heterocycles. The van der Waals surface area contributed by atoms with E-state index in [1.165, 1.54) is 30.5 Å². The minimum absolute atomic E-state index is 0.0266. The van der Waals surface area contributed by atoms with Gasteiger partial charge in [0.05, 0.1) is 24.0 Å². The Bertz CT molecular complexity index is 1060. The van der Waals surface area contributed by atoms with Crippen LogP contribution in [0.5, 0.6) is 0 Å². The number of nitrogens with zero attached hydrogens (tertiary/aromatic N) is 1. The fourth-order valence-corrected chi connectivity index (χ4v) is 4.82. The summed E-state index contributed by atoms with van der Waals surface area (Å²) in [5, 5.41) is 0. The molecule has 11 heteroatoms. The van der Waals surface area contributed by atoms with Crippen LogP contribution in [-0.2, 0) is 26.6 Å². The third-order valence-electron chi connectivity index (χ3n) is 4.90. The molecule has 0 aliphatic carbocycles. The molecule has 1 amide bonds. The lowest BCUT2D eigenvalue weighted by atomic mass is 10.0. The highest BCUT2D eigenvalue weighted by Gasteiger charge is 2.28. The molecule has 0 radical (unpaired) electrons. The number of likely N-dealkylation sites (tertiary alicyclic amines) is 1. The topological polar surface area (TPSA) is 126 Å². The van der Waals surface area contributed by atoms with Gasteiger partial charge in [-0.2, -0.15) is 0 Å². The SMILES string of the molecule is CS(=O)(=O)NCC1CCCCN1C(=O)c1ccc(S(=O)(=O)NCc2ccco2)cc1. The number of furan rings is 1. The molecular formula is C19H25N3O6S2. The smallest absolute Gasteiger partial charge is 0.254 e. The van der Waals surface area contributed by atoms with Crippen molar-refractivity contribution in [1.29, 1.82) is 0 Å². The molecule has 30 heavy (non-hydrogen) atoms. The summed E-state index contributed by atoms with van der Waals surface area (Å²) < 4.78 is 57.7. The van der Waals surface area contributed by atoms with Crippen molar-refractivity contribution >= 4 is 26.0 Å². The van der Waals surface area contributed by atoms with Gasteiger partial charge >= 0.3 is 0 Å². The summed E-state index contributed by atoms with van der Waals surface area (Å²) in [5.74, 6) is 0.242. The van der Waals surface area contributed by atoms with Crippen LogP contribution in [0.15, 0.2) is 52.0 Å². The van der Waals surface area contributed by atoms with Crippen molar-refractivity contribution in [3.05, 3.63) is 54.0 Å². The van der Waals surface area contributed by atoms with Crippen LogP contribution in [0.25, 0.3) is 0 Å². The Morgan fingerprint density at radius 2 is 1.83 bits per heavy atom. The van der Waals surface area contributed by atoms with Gasteiger partial charge in [-0.25, -0.2) is 26.3 Å². The van der Waals surface area contributed by atoms with E-state index in [0.29, 0.717) is 24.3 Å². The van der Waals surface area contributed by atoms with Gasteiger partial charge < -0.3 is 9.32 Å². The third kappa shape index (κ3) is 5.91. The molecule has 164 valence electrons. The molecule has 0 bridgehead atoms. The van der Waals surface area contributed by atoms with Gasteiger partial charge in [-0.15, -0.1) is 0 Å². The summed E-state index contributed by atoms with van der Waals surface area (Å²) in [4.78, 5) is 14.6. The zero-order valence-electron chi connectivity index (χ0n) is 16.6. The van der Waals surface area contributed by atoms with Crippen LogP contribution >= 0.6 is 0 Å². The predicted molar refractivity (Wildman–Crippen MR) is 111 cm³/mol. The lowest BCUT2D eigenvalue weighted by Crippen LogP contribution is -2.49. The van der Waals surface area contributed by atoms with E-state index in [0.717, 1.165) is 19.1 Å². The fraction of sp³-hybridized carbons (Fsp3) is 0.421. The van der Waals surface area contributed by atoms with E-state index in [-0.39, 0.29) is 29.9 Å². The van der Waals surface area contributed by atoms with E-state index in [1.54, 1.807) is 17.0 Å². The average Bonchev–Trinajstić information content (AvgIpc) is 3.24. The Hall–Kier alpha value is -2.21. The first kappa shape index (κ1) is 22.5. The summed E-state index contributed by atoms with van der Waals surface area (Å²) in [6.45, 7) is 0.715. The van der Waals surface area contributed by atoms with Crippen LogP contribution in [0.4, 0.5) is 0 Å². The standard InChI is InChI=1S/C19H25N3O6S2/c1-29(24,25)20-13-16-5-2-3-11-22(16)19(23)15-7-9-18(10-8-15)30(26,27)21-14-17-6-4-12-28-17/h4,6-10,12,16,20-21H,2-3,5,11,13-14H2,1H3. The quantitative estimate of drug-likeness (QED) is 0.618. The number of piperidine rings is 1. The molecule has 9 nitrogen and oxygen atoms in total. The highest BCUT2D eigenvalue weighted by atomic mass is 32.2. The highest BCUT2D eigenvalue weighted by molar-refractivity contribution is 7.89. The molecule has 1 saturated heterocycles. The van der Waals surface area contributed by atoms with Gasteiger partial charge in [-0.1, -0.05) is 0 Å². The van der Waals surface area contributed by atoms with Gasteiger partial charge in [0.25, 0.3) is 5.91 Å². The molecule has 0 spiro atoms. The van der Waals surface area contributed by atoms with Gasteiger partial charge in [0.15, 0.2) is 0 Å². The summed E-state index contributed by atoms with van der Waals surface area (Å²) in [7, 11) is -7.10. The number of amides is 1. The maximum atomic E-state index is 12.9. The zero-order chi connectivity index (χ0) is 21.8. The number of nitrogens with one attached hydrogen (secondary N) is 2. The van der Waals surface area contributed by atoms with Crippen molar-refractivity contribution in [3.8, 4) is 0 Å². The molecular weight excluding hydrogens is 430 g/mol. The number of sulfonamides is 2. The second-order valence-corrected chi connectivity index (χ2v) is 10.8. The van der Waals surface area contributed by atoms with E-state index in [9.17, 15) is 21.6 Å². The predicted octanol–water partition coefficient (Wildman–Crippen LogP) is 1.30. The average molecular weight is 456 g/mol. The maximum Gasteiger partial charge on any atom is 0.254 e. The maximum absolute atomic E-state index is 12.9. The molecule has 2 heterocycles. The number of carbonyl (C=O) groups excluding carboxylic acids is 1. The largest absolute Gasteiger partial charge is 0.468 e. The first-order valence-electron chi connectivity index (χ1n) is 9.53. The van der Waals surface area contributed by atoms with Crippen LogP contribution < -0.4 is 9.44 Å². The molecule has 2 aromatic rings. The third-order valence-corrected chi connectivity index (χ3v) is 7.01. The first-order chi connectivity index (χ1) is 14.2. The van der Waals surface area contributed by atoms with E-state index in [1.807, 2.05) is 0 Å². The van der Waals surface area contributed by atoms with Crippen LogP contribution in [0.1, 0.15) is 35.4 Å². The first-order valence-corrected chi connectivity index (χ1v) is 12.9. The van der Waals surface area contributed by atoms with Crippen molar-refractivity contribution in [3.63, 3.8) is 0 Å². The van der Waals surface area contributed by atoms with Crippen LogP contribution in [-0.4, -0.2) is 53.0 Å². The fourth-order valence-electron chi connectivity index (χ4n) is 3.33. The minimum Gasteiger partial charge on any atom is -0.468 e. The van der Waals surface area contributed by atoms with Crippen LogP contribution in [0.2, 0.25) is 0 Å². The van der Waals surface area contributed by atoms with Crippen LogP contribution in [0, 0.1) is 0 Å². The molecule has 1 unspecified atom stereocenters. The Morgan fingerprint density at radius 3 is 2.47 bits per heavy atom. The number of hydrogen-bond donors (Lipinski definition) is 2. The van der Waals surface area contributed by atoms with Gasteiger partial charge in [0, 0.05) is 24.7 Å². The summed E-state index contributed by atoms with van der Waals surface area (Å²) in [6.07, 6.45) is 5.00. The molecule has 1 aliphatic rings. The number of carbonyl (C=O) groups is 1. The van der Waals surface area contributed by atoms with Gasteiger partial charge in [-0.3, -0.25) is 4.79 Å². The molecule has 1 fully saturated rings. The Labute approximate surface area is 176 Å². The summed E-state index contributed by atoms with van der Waals surface area (Å²) in [5.41, 5.74) is 0.353. The Kier molecular flexibility index (Phi) is 6.96. The second kappa shape index (κ2) is 9.29. The Balaban J connectivity index is 1.68. The molecule has 0 saturated carbocycles. The van der Waals surface area contributed by atoms with Gasteiger partial charge in [0.2, 0.25) is 20.0 Å². The van der Waals surface area contributed by atoms with E-state index >= 15 is 0 Å². The normalized spacial score (nSPS) is 17.8. The van der Waals surface area contributed by atoms with Gasteiger partial charge in [-0.05, 0) is 55.7 Å². The molecule has 1 atom stereocenters. The van der Waals surface area contributed by atoms with Gasteiger partial charge in [0.1, 0.15) is 5.76 Å². The molecule has 2 N–H and O–H groups in total. The lowest BCUT2D eigenvalue weighted by molar-refractivity contribution is 0.0618. The van der Waals surface area contributed by atoms with E-state index in [4.69, 9.17) is 4.42 Å². The second-order valence-electron chi connectivity index (χ2n) is 7.20. The monoisotopic (exact) mass is 455 g/mol. The minimum atomic E-state index is -3.75. The summed E-state index contributed by atoms with van der Waals surface area (Å²) >= 11 is 0. The van der Waals surface area contributed by atoms with Crippen molar-refractivity contribution in [2.75, 3.05) is 19.3 Å². The number of rotatable bonds is 8. The van der Waals surface area contributed by atoms with Crippen molar-refractivity contribution in [1.82, 2.24) is 14.3 Å². The zero-order valence-corrected chi connectivity index (χ0v) is 18.2. The molecule has 3 rings (SSSR count). The van der Waals surface area contributed by atoms with E-state index in [2.05, 4.69) is 9.44 Å². The number of hydrogen-bond acceptors (Lipinski definition) is 6. The van der Waals surface area contributed by atoms with Crippen molar-refractivity contribution < 1.29 is 26.0 Å². The summed E-state index contributed by atoms with van der Waals surface area (Å²) in [6, 6.07) is 8.80. The molecule has 1 aromatic carbocycles. The van der Waals surface area contributed by atoms with E-state index < -0.39 is 20.0 Å².